The van der Waals surface area contributed by atoms with Gasteiger partial charge in [0.15, 0.2) is 0 Å². The molecule has 6 nitrogen and oxygen atoms in total. The van der Waals surface area contributed by atoms with Gasteiger partial charge in [-0.15, -0.1) is 0 Å². The molecule has 2 aliphatic rings. The molecule has 1 aliphatic heterocycles. The molecule has 2 rings (SSSR count). The number of hydrogen-bond donors (Lipinski definition) is 1. The van der Waals surface area contributed by atoms with E-state index >= 15 is 0 Å². The highest BCUT2D eigenvalue weighted by atomic mass is 17.1. The molecular weight excluding hydrogens is 336 g/mol. The maximum atomic E-state index is 12.3. The van der Waals surface area contributed by atoms with Crippen molar-refractivity contribution in [2.45, 2.75) is 58.3 Å². The van der Waals surface area contributed by atoms with Gasteiger partial charge >= 0.3 is 11.9 Å². The largest absolute Gasteiger partial charge is 0.458 e. The van der Waals surface area contributed by atoms with Gasteiger partial charge in [-0.25, -0.2) is 14.5 Å². The summed E-state index contributed by atoms with van der Waals surface area (Å²) in [5, 5.41) is 9.21. The van der Waals surface area contributed by atoms with E-state index < -0.39 is 36.2 Å². The fourth-order valence-corrected chi connectivity index (χ4v) is 3.21. The van der Waals surface area contributed by atoms with Crippen LogP contribution in [-0.4, -0.2) is 35.5 Å². The molecule has 0 amide bonds. The van der Waals surface area contributed by atoms with Crippen LogP contribution < -0.4 is 0 Å². The highest BCUT2D eigenvalue weighted by molar-refractivity contribution is 5.92. The second-order valence-electron chi connectivity index (χ2n) is 6.84. The van der Waals surface area contributed by atoms with Crippen molar-refractivity contribution in [3.05, 3.63) is 47.6 Å². The molecular formula is C20H26O6. The van der Waals surface area contributed by atoms with Gasteiger partial charge in [0.05, 0.1) is 5.92 Å². The Bertz CT molecular complexity index is 672. The van der Waals surface area contributed by atoms with Crippen molar-refractivity contribution in [2.24, 2.45) is 5.92 Å². The van der Waals surface area contributed by atoms with E-state index in [9.17, 15) is 14.8 Å². The lowest BCUT2D eigenvalue weighted by Gasteiger charge is -2.29. The normalized spacial score (nSPS) is 30.4. The number of carbonyl (C=O) groups excluding carboxylic acids is 2. The zero-order chi connectivity index (χ0) is 19.4. The lowest BCUT2D eigenvalue weighted by Crippen LogP contribution is -2.35. The van der Waals surface area contributed by atoms with Crippen molar-refractivity contribution >= 4 is 11.9 Å². The molecule has 142 valence electrons. The summed E-state index contributed by atoms with van der Waals surface area (Å²) in [6.07, 6.45) is 3.10. The lowest BCUT2D eigenvalue weighted by molar-refractivity contribution is -0.270. The highest BCUT2D eigenvalue weighted by Gasteiger charge is 2.45. The molecule has 1 aliphatic carbocycles. The number of allylic oxidation sites excluding steroid dienone is 2. The third kappa shape index (κ3) is 4.31. The summed E-state index contributed by atoms with van der Waals surface area (Å²) in [6.45, 7) is 13.1. The minimum atomic E-state index is -0.700. The van der Waals surface area contributed by atoms with E-state index in [2.05, 4.69) is 18.0 Å². The van der Waals surface area contributed by atoms with E-state index in [0.717, 1.165) is 5.57 Å². The van der Waals surface area contributed by atoms with Gasteiger partial charge in [0.25, 0.3) is 0 Å². The maximum absolute atomic E-state index is 12.3. The first kappa shape index (κ1) is 20.1. The Balaban J connectivity index is 2.42. The van der Waals surface area contributed by atoms with Gasteiger partial charge in [-0.3, -0.25) is 5.26 Å². The van der Waals surface area contributed by atoms with Crippen molar-refractivity contribution in [3.8, 4) is 0 Å². The Hall–Kier alpha value is -2.18. The van der Waals surface area contributed by atoms with Crippen LogP contribution in [0.4, 0.5) is 0 Å². The Kier molecular flexibility index (Phi) is 6.56. The van der Waals surface area contributed by atoms with Gasteiger partial charge in [0, 0.05) is 17.6 Å². The maximum Gasteiger partial charge on any atom is 0.334 e. The average Bonchev–Trinajstić information content (AvgIpc) is 2.87. The van der Waals surface area contributed by atoms with Gasteiger partial charge in [0.1, 0.15) is 18.3 Å². The van der Waals surface area contributed by atoms with Crippen LogP contribution in [0.5, 0.6) is 0 Å². The monoisotopic (exact) mass is 362 g/mol. The Labute approximate surface area is 153 Å². The molecule has 1 heterocycles. The van der Waals surface area contributed by atoms with Gasteiger partial charge in [-0.2, -0.15) is 0 Å². The molecule has 0 bridgehead atoms. The van der Waals surface area contributed by atoms with Crippen LogP contribution >= 0.6 is 0 Å². The molecule has 4 atom stereocenters. The van der Waals surface area contributed by atoms with Gasteiger partial charge < -0.3 is 9.47 Å². The van der Waals surface area contributed by atoms with Gasteiger partial charge in [-0.1, -0.05) is 24.8 Å². The van der Waals surface area contributed by atoms with Crippen LogP contribution in [0.1, 0.15) is 40.0 Å². The Morgan fingerprint density at radius 2 is 2.12 bits per heavy atom. The molecule has 1 N–H and O–H groups in total. The van der Waals surface area contributed by atoms with Gasteiger partial charge in [0.2, 0.25) is 0 Å². The Morgan fingerprint density at radius 1 is 1.42 bits per heavy atom. The van der Waals surface area contributed by atoms with Crippen molar-refractivity contribution in [3.63, 3.8) is 0 Å². The predicted molar refractivity (Wildman–Crippen MR) is 96.1 cm³/mol. The van der Waals surface area contributed by atoms with Gasteiger partial charge in [-0.05, 0) is 45.3 Å². The lowest BCUT2D eigenvalue weighted by atomic mass is 9.84. The number of fused-ring (bicyclic) bond motifs is 1. The van der Waals surface area contributed by atoms with E-state index in [1.54, 1.807) is 19.9 Å². The van der Waals surface area contributed by atoms with Crippen molar-refractivity contribution in [1.82, 2.24) is 0 Å². The topological polar surface area (TPSA) is 82.1 Å². The first-order chi connectivity index (χ1) is 12.3. The summed E-state index contributed by atoms with van der Waals surface area (Å²) < 4.78 is 11.1. The molecule has 0 radical (unpaired) electrons. The molecule has 6 heteroatoms. The zero-order valence-electron chi connectivity index (χ0n) is 15.5. The predicted octanol–water partition coefficient (Wildman–Crippen LogP) is 3.51. The number of ether oxygens (including phenoxy) is 2. The summed E-state index contributed by atoms with van der Waals surface area (Å²) in [5.41, 5.74) is 2.30. The summed E-state index contributed by atoms with van der Waals surface area (Å²) in [5.74, 6) is -1.48. The van der Waals surface area contributed by atoms with Crippen LogP contribution in [0, 0.1) is 5.92 Å². The molecule has 0 spiro atoms. The van der Waals surface area contributed by atoms with Crippen LogP contribution in [-0.2, 0) is 24.0 Å². The summed E-state index contributed by atoms with van der Waals surface area (Å²) >= 11 is 0. The fourth-order valence-electron chi connectivity index (χ4n) is 3.21. The fraction of sp³-hybridized carbons (Fsp3) is 0.500. The Morgan fingerprint density at radius 3 is 2.73 bits per heavy atom. The number of esters is 2. The highest BCUT2D eigenvalue weighted by Crippen LogP contribution is 2.37. The van der Waals surface area contributed by atoms with E-state index in [1.165, 1.54) is 0 Å². The SMILES string of the molecule is C=C1CC(OC(=O)C(C)=CC)C2C(=C)C(=O)OC2C=C(C)CCC1OO. The quantitative estimate of drug-likeness (QED) is 0.272. The van der Waals surface area contributed by atoms with E-state index in [4.69, 9.17) is 9.47 Å². The van der Waals surface area contributed by atoms with E-state index in [1.807, 2.05) is 13.0 Å². The number of hydrogen-bond acceptors (Lipinski definition) is 6. The summed E-state index contributed by atoms with van der Waals surface area (Å²) in [6, 6.07) is 0. The molecule has 0 aromatic rings. The minimum Gasteiger partial charge on any atom is -0.458 e. The van der Waals surface area contributed by atoms with Crippen LogP contribution in [0.3, 0.4) is 0 Å². The van der Waals surface area contributed by atoms with Crippen LogP contribution in [0.2, 0.25) is 0 Å². The van der Waals surface area contributed by atoms with Crippen LogP contribution in [0.15, 0.2) is 47.6 Å². The molecule has 1 fully saturated rings. The first-order valence-electron chi connectivity index (χ1n) is 8.67. The van der Waals surface area contributed by atoms with E-state index in [-0.39, 0.29) is 12.0 Å². The number of carbonyl (C=O) groups is 2. The van der Waals surface area contributed by atoms with Crippen molar-refractivity contribution in [1.29, 1.82) is 0 Å². The smallest absolute Gasteiger partial charge is 0.334 e. The molecule has 1 saturated heterocycles. The average molecular weight is 362 g/mol. The second-order valence-corrected chi connectivity index (χ2v) is 6.84. The minimum absolute atomic E-state index is 0.234. The second kappa shape index (κ2) is 8.47. The molecule has 26 heavy (non-hydrogen) atoms. The van der Waals surface area contributed by atoms with Crippen molar-refractivity contribution < 1.29 is 29.2 Å². The molecule has 0 aromatic carbocycles. The first-order valence-corrected chi connectivity index (χ1v) is 8.67. The third-order valence-electron chi connectivity index (χ3n) is 4.97. The van der Waals surface area contributed by atoms with E-state index in [0.29, 0.717) is 24.0 Å². The molecule has 0 saturated carbocycles. The molecule has 0 aromatic heterocycles. The zero-order valence-corrected chi connectivity index (χ0v) is 15.5. The summed E-state index contributed by atoms with van der Waals surface area (Å²) in [4.78, 5) is 29.0. The van der Waals surface area contributed by atoms with Crippen LogP contribution in [0.25, 0.3) is 0 Å². The summed E-state index contributed by atoms with van der Waals surface area (Å²) in [7, 11) is 0. The molecule has 4 unspecified atom stereocenters. The number of rotatable bonds is 3. The standard InChI is InChI=1S/C20H26O6/c1-6-12(3)19(21)24-17-10-13(4)15(26-23)8-7-11(2)9-16-18(17)14(5)20(22)25-16/h6,9,15-18,23H,4-5,7-8,10H2,1-3H3. The van der Waals surface area contributed by atoms with Crippen molar-refractivity contribution in [2.75, 3.05) is 0 Å². The third-order valence-corrected chi connectivity index (χ3v) is 4.97.